The van der Waals surface area contributed by atoms with Crippen LogP contribution in [-0.4, -0.2) is 40.1 Å². The molecule has 0 amide bonds. The van der Waals surface area contributed by atoms with Gasteiger partial charge in [-0.2, -0.15) is 0 Å². The second-order valence-electron chi connectivity index (χ2n) is 32.3. The van der Waals surface area contributed by atoms with Crippen LogP contribution in [0.25, 0.3) is 22.3 Å². The Morgan fingerprint density at radius 2 is 0.500 bits per heavy atom. The maximum Gasteiger partial charge on any atom is 0.355 e. The number of aromatic hydroxyl groups is 2. The molecule has 0 aliphatic carbocycles. The minimum atomic E-state index is -1.17. The quantitative estimate of drug-likeness (QED) is 0.0134. The molecule has 0 aliphatic heterocycles. The molecular formula is C95H160O17. The zero-order chi connectivity index (χ0) is 80.8. The number of carbonyl (C=O) groups is 5. The normalized spacial score (nSPS) is 11.4. The minimum absolute atomic E-state index is 0.0624. The van der Waals surface area contributed by atoms with E-state index in [4.69, 9.17) is 43.2 Å². The molecule has 3 aromatic rings. The number of esters is 2. The lowest BCUT2D eigenvalue weighted by Gasteiger charge is -2.19. The molecule has 3 rings (SSSR count). The Hall–Kier alpha value is -6.00. The number of phenolic OH excluding ortho intramolecular Hbond substituents is 2. The van der Waals surface area contributed by atoms with Crippen LogP contribution in [0.2, 0.25) is 0 Å². The van der Waals surface area contributed by atoms with Crippen molar-refractivity contribution in [1.82, 2.24) is 0 Å². The molecule has 0 fully saturated rings. The van der Waals surface area contributed by atoms with E-state index >= 15 is 4.79 Å². The Balaban J connectivity index is 2.16. The fourth-order valence-electron chi connectivity index (χ4n) is 14.7. The summed E-state index contributed by atoms with van der Waals surface area (Å²) >= 11 is 0. The van der Waals surface area contributed by atoms with Crippen molar-refractivity contribution in [3.63, 3.8) is 0 Å². The van der Waals surface area contributed by atoms with E-state index in [0.717, 1.165) is 147 Å². The van der Waals surface area contributed by atoms with Crippen LogP contribution in [0.15, 0.2) is 27.4 Å². The first-order valence-electron chi connectivity index (χ1n) is 46.7. The maximum absolute atomic E-state index is 15.9. The number of carbonyl (C=O) groups excluding carboxylic acids is 5. The number of hydrogen-bond donors (Lipinski definition) is 2. The fourth-order valence-corrected chi connectivity index (χ4v) is 14.7. The number of phenols is 2. The minimum Gasteiger partial charge on any atom is -0.504 e. The zero-order valence-electron chi connectivity index (χ0n) is 71.7. The number of ether oxygens (including phenoxy) is 2. The van der Waals surface area contributed by atoms with Gasteiger partial charge < -0.3 is 24.1 Å². The van der Waals surface area contributed by atoms with Crippen LogP contribution in [0.1, 0.15) is 484 Å². The summed E-state index contributed by atoms with van der Waals surface area (Å²) in [5.74, 6) is -9.46. The first-order valence-corrected chi connectivity index (χ1v) is 46.7. The Kier molecular flexibility index (Phi) is 63.0. The monoisotopic (exact) mass is 1570 g/mol. The molecule has 17 heteroatoms. The molecule has 0 aliphatic rings. The largest absolute Gasteiger partial charge is 0.504 e. The Labute approximate surface area is 678 Å². The Bertz CT molecular complexity index is 2920. The second-order valence-corrected chi connectivity index (χ2v) is 32.3. The van der Waals surface area contributed by atoms with Crippen LogP contribution in [0.5, 0.6) is 40.2 Å². The number of hydrogen-bond acceptors (Lipinski definition) is 17. The number of unbranched alkanes of at least 4 members (excludes halogenated alkanes) is 60. The van der Waals surface area contributed by atoms with Gasteiger partial charge in [0, 0.05) is 18.4 Å². The maximum atomic E-state index is 15.9. The smallest absolute Gasteiger partial charge is 0.355 e. The summed E-state index contributed by atoms with van der Waals surface area (Å²) < 4.78 is 19.2. The van der Waals surface area contributed by atoms with Crippen molar-refractivity contribution in [2.45, 2.75) is 484 Å². The molecule has 0 bridgehead atoms. The van der Waals surface area contributed by atoms with Crippen molar-refractivity contribution >= 4 is 40.8 Å². The fraction of sp³-hybridized carbons (Fsp3) is 0.789. The molecule has 0 saturated carbocycles. The van der Waals surface area contributed by atoms with Crippen LogP contribution in [-0.2, 0) is 38.6 Å². The molecule has 0 radical (unpaired) electrons. The van der Waals surface area contributed by atoms with Crippen LogP contribution in [0.3, 0.4) is 0 Å². The lowest BCUT2D eigenvalue weighted by Crippen LogP contribution is -2.19. The van der Waals surface area contributed by atoms with Crippen molar-refractivity contribution in [2.75, 3.05) is 0 Å². The highest BCUT2D eigenvalue weighted by atomic mass is 17.2. The highest BCUT2D eigenvalue weighted by molar-refractivity contribution is 5.99. The summed E-state index contributed by atoms with van der Waals surface area (Å²) in [7, 11) is 0. The van der Waals surface area contributed by atoms with Crippen LogP contribution < -0.4 is 29.6 Å². The molecule has 1 aromatic heterocycles. The summed E-state index contributed by atoms with van der Waals surface area (Å²) in [6.45, 7) is 11.2. The van der Waals surface area contributed by atoms with Crippen molar-refractivity contribution < 1.29 is 77.4 Å². The summed E-state index contributed by atoms with van der Waals surface area (Å²) in [5, 5.41) is 20.9. The van der Waals surface area contributed by atoms with Crippen LogP contribution in [0, 0.1) is 0 Å². The van der Waals surface area contributed by atoms with Gasteiger partial charge in [-0.3, -0.25) is 43.7 Å². The molecule has 0 saturated heterocycles. The molecule has 2 aromatic carbocycles. The Morgan fingerprint density at radius 1 is 0.268 bits per heavy atom. The first-order chi connectivity index (χ1) is 54.9. The van der Waals surface area contributed by atoms with Gasteiger partial charge in [0.1, 0.15) is 5.39 Å². The Morgan fingerprint density at radius 3 is 0.768 bits per heavy atom. The summed E-state index contributed by atoms with van der Waals surface area (Å²) in [6, 6.07) is 3.53. The third kappa shape index (κ3) is 49.7. The average molecular weight is 1570 g/mol. The molecular weight excluding hydrogens is 1410 g/mol. The predicted molar refractivity (Wildman–Crippen MR) is 454 cm³/mol. The molecule has 112 heavy (non-hydrogen) atoms. The molecule has 0 unspecified atom stereocenters. The standard InChI is InChI=1S/C95H160O17/c1-6-11-16-21-26-31-36-41-46-51-56-61-66-71-82(98)104-93-90-87(88(103)92(89(106-90)79-76-77-80(96)81(97)78-79)111-108-85(101)74-69-64-59-54-49-44-39-34-29-24-19-14-9-4)91(110-107-84(100)73-68-63-58-53-48-43-38-33-28-23-18-13-8-3)94(105-83(99)72-67-62-57-52-47-42-37-32-27-22-17-12-7-2)95(93)112-109-86(102)75-70-65-60-55-50-45-40-35-30-25-20-15-10-5/h76-78,96-97H,6-75H2,1-5H3. The SMILES string of the molecule is CCCCCCCCCCCCCCCC(=O)OOc1c(OC(=O)CCCCCCCCCCCCCCC)c(OOC(=O)CCCCCCCCCCCCCCC)c2c(=O)c(OOC(=O)CCCCCCCCCCCCCCC)c(-c3ccc(O)c(O)c3)oc2c1OC(=O)CCCCCCCCCCCCCCC. The van der Waals surface area contributed by atoms with E-state index in [2.05, 4.69) is 34.6 Å². The summed E-state index contributed by atoms with van der Waals surface area (Å²) in [6.07, 6.45) is 70.2. The van der Waals surface area contributed by atoms with E-state index < -0.39 is 92.3 Å². The van der Waals surface area contributed by atoms with Gasteiger partial charge in [0.15, 0.2) is 22.8 Å². The van der Waals surface area contributed by atoms with Gasteiger partial charge in [0.25, 0.3) is 11.5 Å². The lowest BCUT2D eigenvalue weighted by atomic mass is 10.0. The molecule has 17 nitrogen and oxygen atoms in total. The molecule has 2 N–H and O–H groups in total. The van der Waals surface area contributed by atoms with Gasteiger partial charge in [0.2, 0.25) is 22.7 Å². The first kappa shape index (κ1) is 100. The van der Waals surface area contributed by atoms with Crippen molar-refractivity contribution in [1.29, 1.82) is 0 Å². The van der Waals surface area contributed by atoms with Crippen LogP contribution in [0.4, 0.5) is 0 Å². The number of benzene rings is 2. The van der Waals surface area contributed by atoms with Crippen molar-refractivity contribution in [2.24, 2.45) is 0 Å². The third-order valence-corrected chi connectivity index (χ3v) is 21.9. The van der Waals surface area contributed by atoms with Gasteiger partial charge in [0.05, 0.1) is 19.3 Å². The molecule has 642 valence electrons. The lowest BCUT2D eigenvalue weighted by molar-refractivity contribution is -0.217. The summed E-state index contributed by atoms with van der Waals surface area (Å²) in [5.41, 5.74) is -1.89. The molecule has 1 heterocycles. The van der Waals surface area contributed by atoms with Crippen LogP contribution >= 0.6 is 0 Å². The second kappa shape index (κ2) is 70.4. The predicted octanol–water partition coefficient (Wildman–Crippen LogP) is 29.6. The third-order valence-electron chi connectivity index (χ3n) is 21.9. The van der Waals surface area contributed by atoms with E-state index in [0.29, 0.717) is 44.9 Å². The molecule has 0 spiro atoms. The van der Waals surface area contributed by atoms with Gasteiger partial charge in [-0.15, -0.1) is 0 Å². The van der Waals surface area contributed by atoms with Crippen molar-refractivity contribution in [3.05, 3.63) is 28.4 Å². The van der Waals surface area contributed by atoms with E-state index in [1.165, 1.54) is 244 Å². The summed E-state index contributed by atoms with van der Waals surface area (Å²) in [4.78, 5) is 121. The van der Waals surface area contributed by atoms with E-state index in [-0.39, 0.29) is 37.7 Å². The number of fused-ring (bicyclic) bond motifs is 1. The van der Waals surface area contributed by atoms with E-state index in [1.807, 2.05) is 0 Å². The highest BCUT2D eigenvalue weighted by Crippen LogP contribution is 2.53. The van der Waals surface area contributed by atoms with Crippen molar-refractivity contribution in [3.8, 4) is 51.6 Å². The van der Waals surface area contributed by atoms with Gasteiger partial charge in [-0.25, -0.2) is 14.4 Å². The topological polar surface area (TPSA) is 230 Å². The van der Waals surface area contributed by atoms with Gasteiger partial charge in [-0.05, 0) is 50.3 Å². The average Bonchev–Trinajstić information content (AvgIpc) is 0.731. The molecule has 0 atom stereocenters. The van der Waals surface area contributed by atoms with E-state index in [1.54, 1.807) is 0 Å². The highest BCUT2D eigenvalue weighted by Gasteiger charge is 2.37. The van der Waals surface area contributed by atoms with E-state index in [9.17, 15) is 34.2 Å². The van der Waals surface area contributed by atoms with Gasteiger partial charge in [-0.1, -0.05) is 420 Å². The van der Waals surface area contributed by atoms with Gasteiger partial charge >= 0.3 is 29.8 Å². The zero-order valence-corrected chi connectivity index (χ0v) is 71.7. The number of rotatable bonds is 79.